The molecule has 2 aromatic rings. The summed E-state index contributed by atoms with van der Waals surface area (Å²) in [5.74, 6) is 0.609. The van der Waals surface area contributed by atoms with E-state index in [1.165, 1.54) is 6.33 Å². The number of nitrogens with two attached hydrogens (primary N) is 1. The van der Waals surface area contributed by atoms with Crippen LogP contribution in [0.25, 0.3) is 10.9 Å². The molecule has 0 aliphatic rings. The molecule has 0 amide bonds. The van der Waals surface area contributed by atoms with Crippen LogP contribution in [0.15, 0.2) is 24.5 Å². The highest BCUT2D eigenvalue weighted by molar-refractivity contribution is 5.85. The second-order valence-corrected chi connectivity index (χ2v) is 2.89. The monoisotopic (exact) mass is 189 g/mol. The van der Waals surface area contributed by atoms with Crippen molar-refractivity contribution in [3.63, 3.8) is 0 Å². The Bertz CT molecular complexity index is 456. The van der Waals surface area contributed by atoms with Gasteiger partial charge in [0.05, 0.1) is 17.5 Å². The molecule has 0 aliphatic carbocycles. The predicted octanol–water partition coefficient (Wildman–Crippen LogP) is 1.61. The Labute approximate surface area is 81.7 Å². The van der Waals surface area contributed by atoms with Gasteiger partial charge in [-0.1, -0.05) is 0 Å². The molecule has 0 bridgehead atoms. The van der Waals surface area contributed by atoms with Crippen LogP contribution in [0.1, 0.15) is 6.92 Å². The summed E-state index contributed by atoms with van der Waals surface area (Å²) in [7, 11) is 0. The van der Waals surface area contributed by atoms with Crippen molar-refractivity contribution in [1.29, 1.82) is 0 Å². The smallest absolute Gasteiger partial charge is 0.224 e. The van der Waals surface area contributed by atoms with Crippen LogP contribution in [-0.4, -0.2) is 16.6 Å². The highest BCUT2D eigenvalue weighted by Gasteiger charge is 2.03. The zero-order valence-corrected chi connectivity index (χ0v) is 7.90. The molecule has 0 fully saturated rings. The Kier molecular flexibility index (Phi) is 2.18. The van der Waals surface area contributed by atoms with Crippen molar-refractivity contribution >= 4 is 16.6 Å². The summed E-state index contributed by atoms with van der Waals surface area (Å²) in [6, 6.07) is 5.49. The fourth-order valence-corrected chi connectivity index (χ4v) is 1.30. The molecule has 4 heteroatoms. The first-order valence-corrected chi connectivity index (χ1v) is 4.44. The SMILES string of the molecule is CCOc1ncnc2cc(N)ccc12. The van der Waals surface area contributed by atoms with Crippen LogP contribution >= 0.6 is 0 Å². The van der Waals surface area contributed by atoms with E-state index in [0.29, 0.717) is 18.2 Å². The van der Waals surface area contributed by atoms with E-state index >= 15 is 0 Å². The Balaban J connectivity index is 2.62. The summed E-state index contributed by atoms with van der Waals surface area (Å²) in [4.78, 5) is 8.17. The summed E-state index contributed by atoms with van der Waals surface area (Å²) >= 11 is 0. The maximum absolute atomic E-state index is 5.65. The molecule has 0 unspecified atom stereocenters. The number of ether oxygens (including phenoxy) is 1. The number of anilines is 1. The van der Waals surface area contributed by atoms with Crippen molar-refractivity contribution in [3.05, 3.63) is 24.5 Å². The van der Waals surface area contributed by atoms with E-state index in [1.54, 1.807) is 6.07 Å². The van der Waals surface area contributed by atoms with Crippen molar-refractivity contribution in [2.75, 3.05) is 12.3 Å². The van der Waals surface area contributed by atoms with Crippen LogP contribution in [0.2, 0.25) is 0 Å². The number of hydrogen-bond acceptors (Lipinski definition) is 4. The number of hydrogen-bond donors (Lipinski definition) is 1. The van der Waals surface area contributed by atoms with Crippen LogP contribution in [0, 0.1) is 0 Å². The van der Waals surface area contributed by atoms with Gasteiger partial charge in [-0.05, 0) is 25.1 Å². The summed E-state index contributed by atoms with van der Waals surface area (Å²) < 4.78 is 5.37. The van der Waals surface area contributed by atoms with Gasteiger partial charge in [0.2, 0.25) is 5.88 Å². The van der Waals surface area contributed by atoms with E-state index in [4.69, 9.17) is 10.5 Å². The molecule has 0 aliphatic heterocycles. The highest BCUT2D eigenvalue weighted by Crippen LogP contribution is 2.22. The Morgan fingerprint density at radius 1 is 1.36 bits per heavy atom. The molecule has 0 saturated heterocycles. The van der Waals surface area contributed by atoms with E-state index < -0.39 is 0 Å². The van der Waals surface area contributed by atoms with Crippen molar-refractivity contribution in [3.8, 4) is 5.88 Å². The van der Waals surface area contributed by atoms with Crippen LogP contribution in [-0.2, 0) is 0 Å². The minimum Gasteiger partial charge on any atom is -0.477 e. The first kappa shape index (κ1) is 8.74. The quantitative estimate of drug-likeness (QED) is 0.729. The van der Waals surface area contributed by atoms with Gasteiger partial charge >= 0.3 is 0 Å². The number of benzene rings is 1. The molecule has 2 N–H and O–H groups in total. The molecule has 2 rings (SSSR count). The maximum atomic E-state index is 5.65. The number of nitrogens with zero attached hydrogens (tertiary/aromatic N) is 2. The summed E-state index contributed by atoms with van der Waals surface area (Å²) in [6.45, 7) is 2.52. The van der Waals surface area contributed by atoms with E-state index in [0.717, 1.165) is 10.9 Å². The lowest BCUT2D eigenvalue weighted by atomic mass is 10.2. The minimum absolute atomic E-state index is 0.594. The van der Waals surface area contributed by atoms with Crippen LogP contribution in [0.5, 0.6) is 5.88 Å². The van der Waals surface area contributed by atoms with Gasteiger partial charge in [0, 0.05) is 5.69 Å². The molecule has 0 radical (unpaired) electrons. The fourth-order valence-electron chi connectivity index (χ4n) is 1.30. The zero-order chi connectivity index (χ0) is 9.97. The van der Waals surface area contributed by atoms with E-state index in [1.807, 2.05) is 19.1 Å². The lowest BCUT2D eigenvalue weighted by Crippen LogP contribution is -1.96. The van der Waals surface area contributed by atoms with Gasteiger partial charge in [-0.15, -0.1) is 0 Å². The van der Waals surface area contributed by atoms with Crippen molar-refractivity contribution in [2.45, 2.75) is 6.92 Å². The van der Waals surface area contributed by atoms with E-state index in [2.05, 4.69) is 9.97 Å². The van der Waals surface area contributed by atoms with Crippen molar-refractivity contribution < 1.29 is 4.74 Å². The second-order valence-electron chi connectivity index (χ2n) is 2.89. The zero-order valence-electron chi connectivity index (χ0n) is 7.90. The van der Waals surface area contributed by atoms with Gasteiger partial charge in [0.25, 0.3) is 0 Å². The second kappa shape index (κ2) is 3.49. The van der Waals surface area contributed by atoms with Gasteiger partial charge < -0.3 is 10.5 Å². The molecule has 72 valence electrons. The number of nitrogen functional groups attached to an aromatic ring is 1. The Hall–Kier alpha value is -1.84. The number of fused-ring (bicyclic) bond motifs is 1. The molecule has 1 aromatic heterocycles. The molecule has 0 spiro atoms. The van der Waals surface area contributed by atoms with Crippen LogP contribution in [0.3, 0.4) is 0 Å². The molecular formula is C10H11N3O. The van der Waals surface area contributed by atoms with E-state index in [-0.39, 0.29) is 0 Å². The summed E-state index contributed by atoms with van der Waals surface area (Å²) in [6.07, 6.45) is 1.48. The van der Waals surface area contributed by atoms with Gasteiger partial charge in [-0.2, -0.15) is 0 Å². The van der Waals surface area contributed by atoms with E-state index in [9.17, 15) is 0 Å². The van der Waals surface area contributed by atoms with Crippen molar-refractivity contribution in [1.82, 2.24) is 9.97 Å². The number of rotatable bonds is 2. The maximum Gasteiger partial charge on any atom is 0.224 e. The summed E-state index contributed by atoms with van der Waals surface area (Å²) in [5.41, 5.74) is 7.15. The van der Waals surface area contributed by atoms with Crippen LogP contribution < -0.4 is 10.5 Å². The standard InChI is InChI=1S/C10H11N3O/c1-2-14-10-8-4-3-7(11)5-9(8)12-6-13-10/h3-6H,2,11H2,1H3. The summed E-state index contributed by atoms with van der Waals surface area (Å²) in [5, 5.41) is 0.892. The molecule has 14 heavy (non-hydrogen) atoms. The van der Waals surface area contributed by atoms with Gasteiger partial charge in [-0.3, -0.25) is 0 Å². The highest BCUT2D eigenvalue weighted by atomic mass is 16.5. The average Bonchev–Trinajstić information content (AvgIpc) is 2.18. The minimum atomic E-state index is 0.594. The molecule has 0 saturated carbocycles. The molecule has 0 atom stereocenters. The van der Waals surface area contributed by atoms with Gasteiger partial charge in [0.15, 0.2) is 0 Å². The topological polar surface area (TPSA) is 61.0 Å². The number of aromatic nitrogens is 2. The largest absolute Gasteiger partial charge is 0.477 e. The van der Waals surface area contributed by atoms with Gasteiger partial charge in [-0.25, -0.2) is 9.97 Å². The third-order valence-corrected chi connectivity index (χ3v) is 1.91. The Morgan fingerprint density at radius 2 is 2.21 bits per heavy atom. The molecule has 1 aromatic carbocycles. The normalized spacial score (nSPS) is 10.4. The molecule has 4 nitrogen and oxygen atoms in total. The van der Waals surface area contributed by atoms with Gasteiger partial charge in [0.1, 0.15) is 6.33 Å². The third kappa shape index (κ3) is 1.46. The fraction of sp³-hybridized carbons (Fsp3) is 0.200. The van der Waals surface area contributed by atoms with Crippen molar-refractivity contribution in [2.24, 2.45) is 0 Å². The first-order chi connectivity index (χ1) is 6.81. The molecule has 1 heterocycles. The molecular weight excluding hydrogens is 178 g/mol. The third-order valence-electron chi connectivity index (χ3n) is 1.91. The Morgan fingerprint density at radius 3 is 3.00 bits per heavy atom. The van der Waals surface area contributed by atoms with Crippen LogP contribution in [0.4, 0.5) is 5.69 Å². The first-order valence-electron chi connectivity index (χ1n) is 4.44. The lowest BCUT2D eigenvalue weighted by molar-refractivity contribution is 0.331. The average molecular weight is 189 g/mol. The predicted molar refractivity (Wildman–Crippen MR) is 55.1 cm³/mol. The lowest BCUT2D eigenvalue weighted by Gasteiger charge is -2.05.